The molecule has 0 unspecified atom stereocenters. The molecule has 0 N–H and O–H groups in total. The summed E-state index contributed by atoms with van der Waals surface area (Å²) in [6, 6.07) is 0. The van der Waals surface area contributed by atoms with Gasteiger partial charge in [-0.1, -0.05) is 6.08 Å². The molecule has 0 aromatic rings. The van der Waals surface area contributed by atoms with Gasteiger partial charge in [0.1, 0.15) is 17.3 Å². The fourth-order valence-corrected chi connectivity index (χ4v) is 2.29. The van der Waals surface area contributed by atoms with Gasteiger partial charge in [0.05, 0.1) is 5.41 Å². The average Bonchev–Trinajstić information content (AvgIpc) is 2.22. The summed E-state index contributed by atoms with van der Waals surface area (Å²) < 4.78 is 0. The molecule has 0 atom stereocenters. The van der Waals surface area contributed by atoms with E-state index in [1.54, 1.807) is 6.08 Å². The summed E-state index contributed by atoms with van der Waals surface area (Å²) in [5.74, 6) is 0.00408. The predicted molar refractivity (Wildman–Crippen MR) is 61.0 cm³/mol. The Hall–Kier alpha value is -1.25. The van der Waals surface area contributed by atoms with Crippen molar-refractivity contribution in [1.29, 1.82) is 0 Å². The molecule has 1 aliphatic rings. The maximum Gasteiger partial charge on any atom is 0.146 e. The minimum absolute atomic E-state index is 0.00935. The molecular weight excluding hydrogens is 204 g/mol. The van der Waals surface area contributed by atoms with E-state index in [1.165, 1.54) is 6.92 Å². The van der Waals surface area contributed by atoms with Gasteiger partial charge in [0.15, 0.2) is 0 Å². The van der Waals surface area contributed by atoms with E-state index in [2.05, 4.69) is 6.58 Å². The first-order chi connectivity index (χ1) is 7.53. The summed E-state index contributed by atoms with van der Waals surface area (Å²) in [6.45, 7) is 5.09. The number of carbonyl (C=O) groups excluding carboxylic acids is 3. The van der Waals surface area contributed by atoms with Crippen LogP contribution >= 0.6 is 0 Å². The lowest BCUT2D eigenvalue weighted by atomic mass is 9.67. The van der Waals surface area contributed by atoms with Crippen LogP contribution in [0.3, 0.4) is 0 Å². The normalized spacial score (nSPS) is 19.6. The van der Waals surface area contributed by atoms with E-state index in [-0.39, 0.29) is 17.3 Å². The summed E-state index contributed by atoms with van der Waals surface area (Å²) >= 11 is 0. The van der Waals surface area contributed by atoms with Gasteiger partial charge >= 0.3 is 0 Å². The summed E-state index contributed by atoms with van der Waals surface area (Å²) in [6.07, 6.45) is 4.20. The van der Waals surface area contributed by atoms with Crippen molar-refractivity contribution >= 4 is 17.3 Å². The number of hydrogen-bond donors (Lipinski definition) is 0. The van der Waals surface area contributed by atoms with E-state index in [1.807, 2.05) is 0 Å². The van der Waals surface area contributed by atoms with E-state index in [4.69, 9.17) is 0 Å². The zero-order chi connectivity index (χ0) is 12.2. The van der Waals surface area contributed by atoms with Crippen molar-refractivity contribution in [2.75, 3.05) is 0 Å². The van der Waals surface area contributed by atoms with Crippen LogP contribution in [-0.2, 0) is 14.4 Å². The third-order valence-electron chi connectivity index (χ3n) is 3.27. The van der Waals surface area contributed by atoms with E-state index >= 15 is 0 Å². The van der Waals surface area contributed by atoms with Crippen molar-refractivity contribution in [3.63, 3.8) is 0 Å². The molecule has 0 heterocycles. The number of allylic oxidation sites excluding steroid dienone is 1. The molecule has 3 heteroatoms. The Labute approximate surface area is 95.9 Å². The molecule has 88 valence electrons. The Morgan fingerprint density at radius 2 is 1.94 bits per heavy atom. The van der Waals surface area contributed by atoms with Gasteiger partial charge in [0, 0.05) is 19.3 Å². The molecule has 0 aromatic carbocycles. The van der Waals surface area contributed by atoms with Gasteiger partial charge in [-0.05, 0) is 26.2 Å². The summed E-state index contributed by atoms with van der Waals surface area (Å²) in [5.41, 5.74) is -0.939. The Balaban J connectivity index is 2.90. The van der Waals surface area contributed by atoms with Crippen LogP contribution in [-0.4, -0.2) is 17.3 Å². The number of rotatable bonds is 5. The summed E-state index contributed by atoms with van der Waals surface area (Å²) in [7, 11) is 0. The molecule has 0 radical (unpaired) electrons. The minimum atomic E-state index is -0.939. The van der Waals surface area contributed by atoms with Crippen molar-refractivity contribution < 1.29 is 14.4 Å². The molecule has 0 saturated heterocycles. The zero-order valence-corrected chi connectivity index (χ0v) is 9.75. The van der Waals surface area contributed by atoms with Crippen LogP contribution in [0.5, 0.6) is 0 Å². The molecule has 0 amide bonds. The van der Waals surface area contributed by atoms with Crippen molar-refractivity contribution in [2.24, 2.45) is 5.41 Å². The molecular formula is C13H18O3. The average molecular weight is 222 g/mol. The number of carbonyl (C=O) groups is 3. The van der Waals surface area contributed by atoms with Crippen molar-refractivity contribution in [3.8, 4) is 0 Å². The van der Waals surface area contributed by atoms with Crippen LogP contribution in [0.1, 0.15) is 45.4 Å². The Bertz CT molecular complexity index is 312. The monoisotopic (exact) mass is 222 g/mol. The Morgan fingerprint density at radius 3 is 2.38 bits per heavy atom. The highest BCUT2D eigenvalue weighted by atomic mass is 16.2. The first-order valence-corrected chi connectivity index (χ1v) is 5.70. The van der Waals surface area contributed by atoms with Gasteiger partial charge in [0.2, 0.25) is 0 Å². The first kappa shape index (κ1) is 12.8. The Morgan fingerprint density at radius 1 is 1.38 bits per heavy atom. The first-order valence-electron chi connectivity index (χ1n) is 5.70. The number of ketones is 3. The topological polar surface area (TPSA) is 51.2 Å². The standard InChI is InChI=1S/C13H18O3/c1-3-8-13(9-7-10(2)14)11(15)5-4-6-12(13)16/h3H,1,4-9H2,2H3. The molecule has 1 fully saturated rings. The van der Waals surface area contributed by atoms with Gasteiger partial charge in [-0.2, -0.15) is 0 Å². The van der Waals surface area contributed by atoms with Crippen molar-refractivity contribution in [2.45, 2.75) is 45.4 Å². The zero-order valence-electron chi connectivity index (χ0n) is 9.75. The third-order valence-corrected chi connectivity index (χ3v) is 3.27. The largest absolute Gasteiger partial charge is 0.300 e. The second-order valence-corrected chi connectivity index (χ2v) is 4.48. The lowest BCUT2D eigenvalue weighted by Gasteiger charge is -2.33. The highest BCUT2D eigenvalue weighted by Crippen LogP contribution is 2.38. The van der Waals surface area contributed by atoms with Crippen LogP contribution in [0.15, 0.2) is 12.7 Å². The molecule has 16 heavy (non-hydrogen) atoms. The van der Waals surface area contributed by atoms with Crippen LogP contribution in [0.25, 0.3) is 0 Å². The fourth-order valence-electron chi connectivity index (χ4n) is 2.29. The third kappa shape index (κ3) is 2.46. The number of hydrogen-bond acceptors (Lipinski definition) is 3. The minimum Gasteiger partial charge on any atom is -0.300 e. The second-order valence-electron chi connectivity index (χ2n) is 4.48. The van der Waals surface area contributed by atoms with Crippen LogP contribution in [0.4, 0.5) is 0 Å². The maximum atomic E-state index is 11.9. The van der Waals surface area contributed by atoms with Gasteiger partial charge in [-0.15, -0.1) is 6.58 Å². The molecule has 0 aromatic heterocycles. The van der Waals surface area contributed by atoms with Crippen LogP contribution in [0.2, 0.25) is 0 Å². The fraction of sp³-hybridized carbons (Fsp3) is 0.615. The van der Waals surface area contributed by atoms with Gasteiger partial charge in [-0.25, -0.2) is 0 Å². The molecule has 0 aliphatic heterocycles. The van der Waals surface area contributed by atoms with Gasteiger partial charge < -0.3 is 4.79 Å². The molecule has 3 nitrogen and oxygen atoms in total. The highest BCUT2D eigenvalue weighted by molar-refractivity contribution is 6.09. The summed E-state index contributed by atoms with van der Waals surface area (Å²) in [4.78, 5) is 34.9. The second kappa shape index (κ2) is 5.19. The summed E-state index contributed by atoms with van der Waals surface area (Å²) in [5, 5.41) is 0. The van der Waals surface area contributed by atoms with E-state index in [0.717, 1.165) is 0 Å². The van der Waals surface area contributed by atoms with Gasteiger partial charge in [-0.3, -0.25) is 9.59 Å². The molecule has 0 spiro atoms. The lowest BCUT2D eigenvalue weighted by Crippen LogP contribution is -2.42. The molecule has 1 aliphatic carbocycles. The molecule has 1 saturated carbocycles. The van der Waals surface area contributed by atoms with Crippen LogP contribution < -0.4 is 0 Å². The van der Waals surface area contributed by atoms with Gasteiger partial charge in [0.25, 0.3) is 0 Å². The quantitative estimate of drug-likeness (QED) is 0.529. The maximum absolute atomic E-state index is 11.9. The molecule has 1 rings (SSSR count). The predicted octanol–water partition coefficient (Wildman–Crippen LogP) is 2.24. The number of Topliss-reactive ketones (excluding diaryl/α,β-unsaturated/α-hetero) is 3. The van der Waals surface area contributed by atoms with Crippen molar-refractivity contribution in [1.82, 2.24) is 0 Å². The van der Waals surface area contributed by atoms with E-state index in [9.17, 15) is 14.4 Å². The Kier molecular flexibility index (Phi) is 4.16. The lowest BCUT2D eigenvalue weighted by molar-refractivity contribution is -0.144. The molecule has 0 bridgehead atoms. The SMILES string of the molecule is C=CCC1(CCC(C)=O)C(=O)CCCC1=O. The smallest absolute Gasteiger partial charge is 0.146 e. The van der Waals surface area contributed by atoms with E-state index in [0.29, 0.717) is 38.5 Å². The van der Waals surface area contributed by atoms with Crippen molar-refractivity contribution in [3.05, 3.63) is 12.7 Å². The highest BCUT2D eigenvalue weighted by Gasteiger charge is 2.45. The van der Waals surface area contributed by atoms with E-state index < -0.39 is 5.41 Å². The van der Waals surface area contributed by atoms with Crippen LogP contribution in [0, 0.1) is 5.41 Å².